The molecule has 0 amide bonds. The summed E-state index contributed by atoms with van der Waals surface area (Å²) in [5, 5.41) is 2.96. The van der Waals surface area contributed by atoms with Crippen LogP contribution in [0.3, 0.4) is 0 Å². The number of hydrogen-bond donors (Lipinski definition) is 0. The molecule has 4 nitrogen and oxygen atoms in total. The first-order valence-electron chi connectivity index (χ1n) is 4.41. The molecule has 0 saturated heterocycles. The molecule has 2 aromatic rings. The van der Waals surface area contributed by atoms with Gasteiger partial charge in [0.15, 0.2) is 0 Å². The van der Waals surface area contributed by atoms with E-state index in [2.05, 4.69) is 10.2 Å². The standard InChI is InChI=1S/C10H11N3O/c1-6-8(12-14)4-5-9-10(6)11-7(2)13(9)3/h4-5H,1-3H3. The van der Waals surface area contributed by atoms with Crippen molar-refractivity contribution in [3.63, 3.8) is 0 Å². The van der Waals surface area contributed by atoms with Crippen LogP contribution in [0.25, 0.3) is 11.0 Å². The zero-order valence-electron chi connectivity index (χ0n) is 8.40. The Labute approximate surface area is 81.5 Å². The van der Waals surface area contributed by atoms with Crippen LogP contribution in [-0.2, 0) is 7.05 Å². The third-order valence-electron chi connectivity index (χ3n) is 2.60. The van der Waals surface area contributed by atoms with Gasteiger partial charge in [0.1, 0.15) is 11.5 Å². The van der Waals surface area contributed by atoms with E-state index in [1.54, 1.807) is 6.07 Å². The van der Waals surface area contributed by atoms with E-state index in [9.17, 15) is 4.91 Å². The summed E-state index contributed by atoms with van der Waals surface area (Å²) in [7, 11) is 1.96. The molecule has 0 aliphatic heterocycles. The van der Waals surface area contributed by atoms with Crippen molar-refractivity contribution in [2.75, 3.05) is 0 Å². The quantitative estimate of drug-likeness (QED) is 0.647. The van der Waals surface area contributed by atoms with Crippen molar-refractivity contribution in [2.24, 2.45) is 12.2 Å². The van der Waals surface area contributed by atoms with Gasteiger partial charge in [0.25, 0.3) is 0 Å². The van der Waals surface area contributed by atoms with Crippen molar-refractivity contribution in [1.29, 1.82) is 0 Å². The van der Waals surface area contributed by atoms with Gasteiger partial charge in [0.05, 0.1) is 11.0 Å². The average Bonchev–Trinajstić information content (AvgIpc) is 2.46. The number of nitroso groups, excluding NO2 is 1. The van der Waals surface area contributed by atoms with Gasteiger partial charge < -0.3 is 4.57 Å². The molecule has 0 N–H and O–H groups in total. The molecule has 0 radical (unpaired) electrons. The molecule has 0 saturated carbocycles. The van der Waals surface area contributed by atoms with Gasteiger partial charge in [0, 0.05) is 12.6 Å². The number of nitrogens with zero attached hydrogens (tertiary/aromatic N) is 3. The normalized spacial score (nSPS) is 10.8. The Kier molecular flexibility index (Phi) is 1.84. The molecule has 0 aliphatic carbocycles. The molecule has 2 rings (SSSR count). The van der Waals surface area contributed by atoms with Gasteiger partial charge in [-0.1, -0.05) is 0 Å². The molecule has 1 aromatic heterocycles. The Morgan fingerprint density at radius 1 is 1.36 bits per heavy atom. The predicted molar refractivity (Wildman–Crippen MR) is 55.6 cm³/mol. The first kappa shape index (κ1) is 8.87. The summed E-state index contributed by atoms with van der Waals surface area (Å²) in [5.41, 5.74) is 3.21. The zero-order chi connectivity index (χ0) is 10.3. The smallest absolute Gasteiger partial charge is 0.113 e. The second-order valence-corrected chi connectivity index (χ2v) is 3.39. The van der Waals surface area contributed by atoms with Crippen LogP contribution < -0.4 is 0 Å². The number of hydrogen-bond acceptors (Lipinski definition) is 3. The Balaban J connectivity index is 2.90. The Morgan fingerprint density at radius 2 is 2.07 bits per heavy atom. The molecule has 1 aromatic carbocycles. The highest BCUT2D eigenvalue weighted by molar-refractivity contribution is 5.83. The minimum atomic E-state index is 0.468. The fourth-order valence-electron chi connectivity index (χ4n) is 1.60. The molecule has 0 aliphatic rings. The molecule has 0 unspecified atom stereocenters. The minimum Gasteiger partial charge on any atom is -0.331 e. The lowest BCUT2D eigenvalue weighted by molar-refractivity contribution is 0.886. The van der Waals surface area contributed by atoms with Crippen LogP contribution in [-0.4, -0.2) is 9.55 Å². The van der Waals surface area contributed by atoms with Crippen LogP contribution in [0.1, 0.15) is 11.4 Å². The van der Waals surface area contributed by atoms with E-state index < -0.39 is 0 Å². The molecule has 0 bridgehead atoms. The van der Waals surface area contributed by atoms with E-state index in [-0.39, 0.29) is 0 Å². The van der Waals surface area contributed by atoms with Gasteiger partial charge in [0.2, 0.25) is 0 Å². The summed E-state index contributed by atoms with van der Waals surface area (Å²) in [4.78, 5) is 14.9. The number of rotatable bonds is 1. The number of benzene rings is 1. The summed E-state index contributed by atoms with van der Waals surface area (Å²) >= 11 is 0. The third kappa shape index (κ3) is 1.04. The third-order valence-corrected chi connectivity index (χ3v) is 2.60. The maximum absolute atomic E-state index is 10.5. The SMILES string of the molecule is Cc1c(N=O)ccc2c1nc(C)n2C. The topological polar surface area (TPSA) is 47.2 Å². The van der Waals surface area contributed by atoms with Crippen molar-refractivity contribution in [2.45, 2.75) is 13.8 Å². The molecule has 0 fully saturated rings. The first-order chi connectivity index (χ1) is 6.65. The van der Waals surface area contributed by atoms with Crippen LogP contribution in [0.4, 0.5) is 5.69 Å². The van der Waals surface area contributed by atoms with E-state index in [4.69, 9.17) is 0 Å². The zero-order valence-corrected chi connectivity index (χ0v) is 8.40. The highest BCUT2D eigenvalue weighted by atomic mass is 16.3. The predicted octanol–water partition coefficient (Wildman–Crippen LogP) is 2.59. The second kappa shape index (κ2) is 2.90. The second-order valence-electron chi connectivity index (χ2n) is 3.39. The summed E-state index contributed by atoms with van der Waals surface area (Å²) in [6.45, 7) is 3.80. The monoisotopic (exact) mass is 189 g/mol. The van der Waals surface area contributed by atoms with Crippen LogP contribution in [0, 0.1) is 18.8 Å². The maximum Gasteiger partial charge on any atom is 0.113 e. The van der Waals surface area contributed by atoms with E-state index in [1.807, 2.05) is 31.5 Å². The van der Waals surface area contributed by atoms with Crippen LogP contribution in [0.5, 0.6) is 0 Å². The molecule has 1 heterocycles. The van der Waals surface area contributed by atoms with Crippen molar-refractivity contribution in [3.05, 3.63) is 28.4 Å². The van der Waals surface area contributed by atoms with Gasteiger partial charge in [-0.15, -0.1) is 4.91 Å². The van der Waals surface area contributed by atoms with E-state index in [0.29, 0.717) is 5.69 Å². The number of aromatic nitrogens is 2. The summed E-state index contributed by atoms with van der Waals surface area (Å²) in [5.74, 6) is 0.936. The first-order valence-corrected chi connectivity index (χ1v) is 4.41. The van der Waals surface area contributed by atoms with Gasteiger partial charge >= 0.3 is 0 Å². The lowest BCUT2D eigenvalue weighted by atomic mass is 10.1. The number of imidazole rings is 1. The Hall–Kier alpha value is -1.71. The van der Waals surface area contributed by atoms with Crippen molar-refractivity contribution < 1.29 is 0 Å². The van der Waals surface area contributed by atoms with Crippen molar-refractivity contribution >= 4 is 16.7 Å². The minimum absolute atomic E-state index is 0.468. The molecular formula is C10H11N3O. The average molecular weight is 189 g/mol. The fourth-order valence-corrected chi connectivity index (χ4v) is 1.60. The summed E-state index contributed by atoms with van der Waals surface area (Å²) < 4.78 is 2.00. The van der Waals surface area contributed by atoms with Crippen LogP contribution >= 0.6 is 0 Å². The van der Waals surface area contributed by atoms with Gasteiger partial charge in [-0.3, -0.25) is 0 Å². The molecule has 14 heavy (non-hydrogen) atoms. The van der Waals surface area contributed by atoms with Crippen molar-refractivity contribution in [1.82, 2.24) is 9.55 Å². The highest BCUT2D eigenvalue weighted by Gasteiger charge is 2.09. The van der Waals surface area contributed by atoms with E-state index >= 15 is 0 Å². The van der Waals surface area contributed by atoms with Gasteiger partial charge in [-0.25, -0.2) is 4.98 Å². The van der Waals surface area contributed by atoms with E-state index in [0.717, 1.165) is 22.4 Å². The molecule has 0 spiro atoms. The van der Waals surface area contributed by atoms with Gasteiger partial charge in [-0.05, 0) is 31.2 Å². The summed E-state index contributed by atoms with van der Waals surface area (Å²) in [6, 6.07) is 3.60. The Morgan fingerprint density at radius 3 is 2.71 bits per heavy atom. The lowest BCUT2D eigenvalue weighted by Crippen LogP contribution is -1.89. The van der Waals surface area contributed by atoms with E-state index in [1.165, 1.54) is 0 Å². The Bertz CT molecular complexity index is 514. The lowest BCUT2D eigenvalue weighted by Gasteiger charge is -1.99. The summed E-state index contributed by atoms with van der Waals surface area (Å²) in [6.07, 6.45) is 0. The molecule has 72 valence electrons. The highest BCUT2D eigenvalue weighted by Crippen LogP contribution is 2.26. The fraction of sp³-hybridized carbons (Fsp3) is 0.300. The van der Waals surface area contributed by atoms with Crippen LogP contribution in [0.15, 0.2) is 17.3 Å². The van der Waals surface area contributed by atoms with Crippen molar-refractivity contribution in [3.8, 4) is 0 Å². The maximum atomic E-state index is 10.5. The van der Waals surface area contributed by atoms with Crippen LogP contribution in [0.2, 0.25) is 0 Å². The molecule has 0 atom stereocenters. The number of aryl methyl sites for hydroxylation is 3. The molecule has 4 heteroatoms. The molecular weight excluding hydrogens is 178 g/mol. The number of fused-ring (bicyclic) bond motifs is 1. The largest absolute Gasteiger partial charge is 0.331 e. The van der Waals surface area contributed by atoms with Gasteiger partial charge in [-0.2, -0.15) is 0 Å².